The van der Waals surface area contributed by atoms with Crippen LogP contribution in [0.4, 0.5) is 5.69 Å². The SMILES string of the molecule is COc1cc(/C=C2\NC(=S)N(C(C)c3ccccc3)C2=O)ccc1OCC(=O)Nc1ccccc1C. The van der Waals surface area contributed by atoms with E-state index in [0.717, 1.165) is 22.4 Å². The van der Waals surface area contributed by atoms with E-state index in [-0.39, 0.29) is 24.5 Å². The molecule has 0 radical (unpaired) electrons. The molecule has 0 bridgehead atoms. The molecule has 1 saturated heterocycles. The first kappa shape index (κ1) is 24.9. The second kappa shape index (κ2) is 11.0. The van der Waals surface area contributed by atoms with E-state index in [2.05, 4.69) is 10.6 Å². The zero-order valence-electron chi connectivity index (χ0n) is 20.3. The summed E-state index contributed by atoms with van der Waals surface area (Å²) in [6.07, 6.45) is 1.71. The fourth-order valence-electron chi connectivity index (χ4n) is 3.88. The number of methoxy groups -OCH3 is 1. The van der Waals surface area contributed by atoms with Crippen LogP contribution in [0.3, 0.4) is 0 Å². The van der Waals surface area contributed by atoms with E-state index in [0.29, 0.717) is 22.3 Å². The normalized spacial score (nSPS) is 15.0. The number of carbonyl (C=O) groups is 2. The van der Waals surface area contributed by atoms with Crippen molar-refractivity contribution in [2.24, 2.45) is 0 Å². The van der Waals surface area contributed by atoms with Crippen LogP contribution in [-0.4, -0.2) is 35.5 Å². The minimum atomic E-state index is -0.278. The highest BCUT2D eigenvalue weighted by molar-refractivity contribution is 7.80. The zero-order chi connectivity index (χ0) is 25.7. The van der Waals surface area contributed by atoms with Gasteiger partial charge in [0.2, 0.25) is 0 Å². The van der Waals surface area contributed by atoms with Gasteiger partial charge < -0.3 is 20.1 Å². The van der Waals surface area contributed by atoms with Crippen molar-refractivity contribution in [2.75, 3.05) is 19.0 Å². The maximum atomic E-state index is 13.1. The summed E-state index contributed by atoms with van der Waals surface area (Å²) in [6, 6.07) is 22.3. The zero-order valence-corrected chi connectivity index (χ0v) is 21.1. The van der Waals surface area contributed by atoms with Crippen LogP contribution in [0.2, 0.25) is 0 Å². The van der Waals surface area contributed by atoms with Crippen molar-refractivity contribution < 1.29 is 19.1 Å². The summed E-state index contributed by atoms with van der Waals surface area (Å²) in [6.45, 7) is 3.69. The van der Waals surface area contributed by atoms with Crippen LogP contribution in [0.25, 0.3) is 6.08 Å². The van der Waals surface area contributed by atoms with Gasteiger partial charge in [0.05, 0.1) is 13.2 Å². The average Bonchev–Trinajstić information content (AvgIpc) is 3.16. The van der Waals surface area contributed by atoms with Crippen LogP contribution < -0.4 is 20.1 Å². The maximum Gasteiger partial charge on any atom is 0.277 e. The highest BCUT2D eigenvalue weighted by Gasteiger charge is 2.34. The fraction of sp³-hybridized carbons (Fsp3) is 0.179. The summed E-state index contributed by atoms with van der Waals surface area (Å²) >= 11 is 5.44. The Morgan fingerprint density at radius 1 is 1.08 bits per heavy atom. The third-order valence-corrected chi connectivity index (χ3v) is 6.15. The van der Waals surface area contributed by atoms with Crippen molar-refractivity contribution in [1.82, 2.24) is 10.2 Å². The average molecular weight is 502 g/mol. The van der Waals surface area contributed by atoms with Gasteiger partial charge in [-0.2, -0.15) is 0 Å². The lowest BCUT2D eigenvalue weighted by atomic mass is 10.1. The second-order valence-electron chi connectivity index (χ2n) is 8.31. The molecule has 1 atom stereocenters. The van der Waals surface area contributed by atoms with E-state index in [1.807, 2.05) is 68.4 Å². The first-order valence-corrected chi connectivity index (χ1v) is 11.9. The van der Waals surface area contributed by atoms with E-state index in [1.54, 1.807) is 29.2 Å². The van der Waals surface area contributed by atoms with Crippen LogP contribution in [0.1, 0.15) is 29.7 Å². The van der Waals surface area contributed by atoms with Crippen molar-refractivity contribution in [2.45, 2.75) is 19.9 Å². The Morgan fingerprint density at radius 2 is 1.81 bits per heavy atom. The van der Waals surface area contributed by atoms with Gasteiger partial charge in [0.1, 0.15) is 5.70 Å². The Labute approximate surface area is 215 Å². The van der Waals surface area contributed by atoms with Crippen molar-refractivity contribution in [3.8, 4) is 11.5 Å². The van der Waals surface area contributed by atoms with Crippen molar-refractivity contribution in [3.63, 3.8) is 0 Å². The van der Waals surface area contributed by atoms with E-state index in [4.69, 9.17) is 21.7 Å². The van der Waals surface area contributed by atoms with Gasteiger partial charge in [0.25, 0.3) is 11.8 Å². The van der Waals surface area contributed by atoms with Gasteiger partial charge in [-0.15, -0.1) is 0 Å². The lowest BCUT2D eigenvalue weighted by molar-refractivity contribution is -0.123. The molecule has 2 N–H and O–H groups in total. The molecule has 0 aromatic heterocycles. The highest BCUT2D eigenvalue weighted by Crippen LogP contribution is 2.30. The molecule has 3 aromatic carbocycles. The summed E-state index contributed by atoms with van der Waals surface area (Å²) in [5, 5.41) is 6.21. The van der Waals surface area contributed by atoms with Crippen LogP contribution >= 0.6 is 12.2 Å². The first-order chi connectivity index (χ1) is 17.4. The third kappa shape index (κ3) is 5.55. The number of amides is 2. The van der Waals surface area contributed by atoms with E-state index in [1.165, 1.54) is 7.11 Å². The van der Waals surface area contributed by atoms with E-state index >= 15 is 0 Å². The first-order valence-electron chi connectivity index (χ1n) is 11.4. The Hall–Kier alpha value is -4.17. The number of hydrogen-bond acceptors (Lipinski definition) is 5. The molecule has 1 heterocycles. The smallest absolute Gasteiger partial charge is 0.277 e. The Bertz CT molecular complexity index is 1320. The third-order valence-electron chi connectivity index (χ3n) is 5.86. The number of carbonyl (C=O) groups excluding carboxylic acids is 2. The molecule has 1 unspecified atom stereocenters. The number of aryl methyl sites for hydroxylation is 1. The number of hydrogen-bond donors (Lipinski definition) is 2. The summed E-state index contributed by atoms with van der Waals surface area (Å²) < 4.78 is 11.2. The van der Waals surface area contributed by atoms with E-state index in [9.17, 15) is 9.59 Å². The molecule has 184 valence electrons. The summed E-state index contributed by atoms with van der Waals surface area (Å²) in [5.41, 5.74) is 3.79. The molecule has 4 rings (SSSR count). The molecule has 1 fully saturated rings. The van der Waals surface area contributed by atoms with Crippen LogP contribution in [0, 0.1) is 6.92 Å². The Kier molecular flexibility index (Phi) is 7.65. The van der Waals surface area contributed by atoms with Gasteiger partial charge in [0, 0.05) is 5.69 Å². The van der Waals surface area contributed by atoms with Crippen LogP contribution in [0.15, 0.2) is 78.5 Å². The molecule has 8 heteroatoms. The number of anilines is 1. The molecule has 2 amide bonds. The summed E-state index contributed by atoms with van der Waals surface area (Å²) in [5.74, 6) is 0.374. The Balaban J connectivity index is 1.45. The highest BCUT2D eigenvalue weighted by atomic mass is 32.1. The summed E-state index contributed by atoms with van der Waals surface area (Å²) in [4.78, 5) is 27.0. The van der Waals surface area contributed by atoms with Crippen LogP contribution in [-0.2, 0) is 9.59 Å². The molecule has 1 aliphatic rings. The number of nitrogens with zero attached hydrogens (tertiary/aromatic N) is 1. The number of benzene rings is 3. The topological polar surface area (TPSA) is 79.9 Å². The summed E-state index contributed by atoms with van der Waals surface area (Å²) in [7, 11) is 1.52. The molecule has 0 spiro atoms. The number of ether oxygens (including phenoxy) is 2. The van der Waals surface area contributed by atoms with E-state index < -0.39 is 0 Å². The number of para-hydroxylation sites is 1. The lowest BCUT2D eigenvalue weighted by Gasteiger charge is -2.23. The van der Waals surface area contributed by atoms with Crippen LogP contribution in [0.5, 0.6) is 11.5 Å². The number of rotatable bonds is 8. The monoisotopic (exact) mass is 501 g/mol. The van der Waals surface area contributed by atoms with Gasteiger partial charge in [0.15, 0.2) is 23.2 Å². The van der Waals surface area contributed by atoms with Gasteiger partial charge in [-0.1, -0.05) is 54.6 Å². The molecular formula is C28H27N3O4S. The molecule has 0 aliphatic carbocycles. The largest absolute Gasteiger partial charge is 0.493 e. The Morgan fingerprint density at radius 3 is 2.53 bits per heavy atom. The lowest BCUT2D eigenvalue weighted by Crippen LogP contribution is -2.33. The molecule has 36 heavy (non-hydrogen) atoms. The van der Waals surface area contributed by atoms with Gasteiger partial charge >= 0.3 is 0 Å². The standard InChI is InChI=1S/C28H27N3O4S/c1-18-9-7-8-12-22(18)29-26(32)17-35-24-14-13-20(16-25(24)34-3)15-23-27(33)31(28(36)30-23)19(2)21-10-5-4-6-11-21/h4-16,19H,17H2,1-3H3,(H,29,32)(H,30,36)/b23-15-. The van der Waals surface area contributed by atoms with Gasteiger partial charge in [-0.3, -0.25) is 14.5 Å². The fourth-order valence-corrected chi connectivity index (χ4v) is 4.23. The minimum absolute atomic E-state index is 0.175. The predicted octanol–water partition coefficient (Wildman–Crippen LogP) is 4.84. The van der Waals surface area contributed by atoms with Gasteiger partial charge in [-0.05, 0) is 67.0 Å². The predicted molar refractivity (Wildman–Crippen MR) is 144 cm³/mol. The number of nitrogens with one attached hydrogen (secondary N) is 2. The molecular weight excluding hydrogens is 474 g/mol. The molecule has 0 saturated carbocycles. The quantitative estimate of drug-likeness (QED) is 0.340. The van der Waals surface area contributed by atoms with Gasteiger partial charge in [-0.25, -0.2) is 0 Å². The maximum absolute atomic E-state index is 13.1. The minimum Gasteiger partial charge on any atom is -0.493 e. The second-order valence-corrected chi connectivity index (χ2v) is 8.70. The number of thiocarbonyl (C=S) groups is 1. The molecule has 3 aromatic rings. The van der Waals surface area contributed by atoms with Crippen molar-refractivity contribution in [1.29, 1.82) is 0 Å². The molecule has 7 nitrogen and oxygen atoms in total. The van der Waals surface area contributed by atoms with Crippen molar-refractivity contribution >= 4 is 40.9 Å². The molecule has 1 aliphatic heterocycles. The van der Waals surface area contributed by atoms with Crippen molar-refractivity contribution in [3.05, 3.63) is 95.2 Å².